The number of aliphatic hydroxyl groups is 1. The maximum atomic E-state index is 12.0. The van der Waals surface area contributed by atoms with Crippen LogP contribution < -0.4 is 4.74 Å². The second kappa shape index (κ2) is 6.01. The summed E-state index contributed by atoms with van der Waals surface area (Å²) in [5, 5.41) is 9.22. The minimum absolute atomic E-state index is 0.160. The van der Waals surface area contributed by atoms with Gasteiger partial charge in [0.25, 0.3) is 0 Å². The van der Waals surface area contributed by atoms with Gasteiger partial charge in [-0.1, -0.05) is 12.1 Å². The van der Waals surface area contributed by atoms with E-state index in [0.29, 0.717) is 12.5 Å². The molecule has 0 saturated heterocycles. The van der Waals surface area contributed by atoms with Crippen molar-refractivity contribution in [2.24, 2.45) is 5.92 Å². The summed E-state index contributed by atoms with van der Waals surface area (Å²) in [5.74, 6) is 0.314. The predicted molar refractivity (Wildman–Crippen MR) is 68.2 cm³/mol. The summed E-state index contributed by atoms with van der Waals surface area (Å²) in [6.45, 7) is 1.55. The Bertz CT molecular complexity index is 427. The highest BCUT2D eigenvalue weighted by Gasteiger charge is 2.31. The van der Waals surface area contributed by atoms with Crippen molar-refractivity contribution in [1.82, 2.24) is 4.90 Å². The molecule has 1 aliphatic carbocycles. The van der Waals surface area contributed by atoms with Gasteiger partial charge in [0.05, 0.1) is 6.10 Å². The van der Waals surface area contributed by atoms with Gasteiger partial charge in [0, 0.05) is 13.1 Å². The van der Waals surface area contributed by atoms with Crippen LogP contribution in [0.5, 0.6) is 5.75 Å². The molecule has 1 N–H and O–H groups in total. The molecular weight excluding hydrogens is 271 g/mol. The largest absolute Gasteiger partial charge is 0.573 e. The molecule has 1 aromatic rings. The monoisotopic (exact) mass is 289 g/mol. The average molecular weight is 289 g/mol. The highest BCUT2D eigenvalue weighted by molar-refractivity contribution is 5.27. The SMILES string of the molecule is CN(Cc1ccc(OC(F)(F)F)cc1)CC1CC(O)C1. The Kier molecular flexibility index (Phi) is 4.55. The van der Waals surface area contributed by atoms with Crippen molar-refractivity contribution < 1.29 is 23.0 Å². The van der Waals surface area contributed by atoms with Crippen molar-refractivity contribution in [1.29, 1.82) is 0 Å². The van der Waals surface area contributed by atoms with E-state index < -0.39 is 6.36 Å². The number of benzene rings is 1. The highest BCUT2D eigenvalue weighted by Crippen LogP contribution is 2.28. The zero-order valence-electron chi connectivity index (χ0n) is 11.2. The van der Waals surface area contributed by atoms with Crippen molar-refractivity contribution in [3.63, 3.8) is 0 Å². The van der Waals surface area contributed by atoms with E-state index in [1.165, 1.54) is 12.1 Å². The molecule has 0 aliphatic heterocycles. The first-order chi connectivity index (χ1) is 9.32. The van der Waals surface area contributed by atoms with Crippen molar-refractivity contribution in [3.05, 3.63) is 29.8 Å². The second-order valence-corrected chi connectivity index (χ2v) is 5.38. The van der Waals surface area contributed by atoms with Gasteiger partial charge in [-0.05, 0) is 43.5 Å². The molecule has 20 heavy (non-hydrogen) atoms. The molecule has 0 bridgehead atoms. The van der Waals surface area contributed by atoms with Crippen LogP contribution in [0.4, 0.5) is 13.2 Å². The zero-order chi connectivity index (χ0) is 14.8. The van der Waals surface area contributed by atoms with Gasteiger partial charge in [-0.15, -0.1) is 13.2 Å². The van der Waals surface area contributed by atoms with Gasteiger partial charge in [0.1, 0.15) is 5.75 Å². The maximum absolute atomic E-state index is 12.0. The summed E-state index contributed by atoms with van der Waals surface area (Å²) in [6.07, 6.45) is -3.14. The molecule has 0 heterocycles. The van der Waals surface area contributed by atoms with E-state index in [1.807, 2.05) is 7.05 Å². The van der Waals surface area contributed by atoms with Crippen LogP contribution in [0.3, 0.4) is 0 Å². The predicted octanol–water partition coefficient (Wildman–Crippen LogP) is 2.79. The van der Waals surface area contributed by atoms with Gasteiger partial charge in [-0.25, -0.2) is 0 Å². The van der Waals surface area contributed by atoms with E-state index in [1.54, 1.807) is 12.1 Å². The lowest BCUT2D eigenvalue weighted by atomic mass is 9.82. The quantitative estimate of drug-likeness (QED) is 0.904. The van der Waals surface area contributed by atoms with Crippen LogP contribution in [0.15, 0.2) is 24.3 Å². The van der Waals surface area contributed by atoms with Crippen LogP contribution in [0, 0.1) is 5.92 Å². The molecule has 1 saturated carbocycles. The van der Waals surface area contributed by atoms with E-state index in [0.717, 1.165) is 24.9 Å². The van der Waals surface area contributed by atoms with E-state index in [2.05, 4.69) is 9.64 Å². The molecule has 3 nitrogen and oxygen atoms in total. The lowest BCUT2D eigenvalue weighted by Gasteiger charge is -2.34. The van der Waals surface area contributed by atoms with Gasteiger partial charge < -0.3 is 14.7 Å². The number of rotatable bonds is 5. The normalized spacial score (nSPS) is 22.7. The molecule has 1 aliphatic rings. The molecule has 112 valence electrons. The molecule has 1 aromatic carbocycles. The number of aliphatic hydroxyl groups excluding tert-OH is 1. The molecule has 6 heteroatoms. The van der Waals surface area contributed by atoms with Crippen molar-refractivity contribution in [2.75, 3.05) is 13.6 Å². The fourth-order valence-electron chi connectivity index (χ4n) is 2.46. The molecule has 0 amide bonds. The fraction of sp³-hybridized carbons (Fsp3) is 0.571. The standard InChI is InChI=1S/C14H18F3NO2/c1-18(9-11-6-12(19)7-11)8-10-2-4-13(5-3-10)20-14(15,16)17/h2-5,11-12,19H,6-9H2,1H3. The van der Waals surface area contributed by atoms with Crippen molar-refractivity contribution in [3.8, 4) is 5.75 Å². The third kappa shape index (κ3) is 4.68. The van der Waals surface area contributed by atoms with Crippen molar-refractivity contribution in [2.45, 2.75) is 31.9 Å². The molecular formula is C14H18F3NO2. The van der Waals surface area contributed by atoms with Gasteiger partial charge >= 0.3 is 6.36 Å². The minimum Gasteiger partial charge on any atom is -0.406 e. The number of halogens is 3. The third-order valence-electron chi connectivity index (χ3n) is 3.39. The van der Waals surface area contributed by atoms with Crippen LogP contribution in [0.25, 0.3) is 0 Å². The van der Waals surface area contributed by atoms with Crippen LogP contribution in [-0.4, -0.2) is 36.1 Å². The average Bonchev–Trinajstić information content (AvgIpc) is 2.28. The topological polar surface area (TPSA) is 32.7 Å². The number of ether oxygens (including phenoxy) is 1. The van der Waals surface area contributed by atoms with Crippen LogP contribution in [0.1, 0.15) is 18.4 Å². The highest BCUT2D eigenvalue weighted by atomic mass is 19.4. The zero-order valence-corrected chi connectivity index (χ0v) is 11.2. The summed E-state index contributed by atoms with van der Waals surface area (Å²) in [4.78, 5) is 2.11. The number of hydrogen-bond acceptors (Lipinski definition) is 3. The van der Waals surface area contributed by atoms with E-state index in [4.69, 9.17) is 0 Å². The van der Waals surface area contributed by atoms with Gasteiger partial charge in [-0.2, -0.15) is 0 Å². The summed E-state index contributed by atoms with van der Waals surface area (Å²) in [5.41, 5.74) is 0.932. The Labute approximate surface area is 116 Å². The molecule has 2 rings (SSSR count). The smallest absolute Gasteiger partial charge is 0.406 e. The number of hydrogen-bond donors (Lipinski definition) is 1. The lowest BCUT2D eigenvalue weighted by Crippen LogP contribution is -2.36. The van der Waals surface area contributed by atoms with Gasteiger partial charge in [0.2, 0.25) is 0 Å². The number of alkyl halides is 3. The summed E-state index contributed by atoms with van der Waals surface area (Å²) in [7, 11) is 1.96. The molecule has 0 aromatic heterocycles. The molecule has 0 atom stereocenters. The van der Waals surface area contributed by atoms with Crippen LogP contribution >= 0.6 is 0 Å². The Hall–Kier alpha value is -1.27. The molecule has 0 spiro atoms. The maximum Gasteiger partial charge on any atom is 0.573 e. The lowest BCUT2D eigenvalue weighted by molar-refractivity contribution is -0.274. The van der Waals surface area contributed by atoms with Crippen molar-refractivity contribution >= 4 is 0 Å². The molecule has 1 fully saturated rings. The van der Waals surface area contributed by atoms with Crippen LogP contribution in [0.2, 0.25) is 0 Å². The first-order valence-electron chi connectivity index (χ1n) is 6.53. The van der Waals surface area contributed by atoms with Gasteiger partial charge in [0.15, 0.2) is 0 Å². The Morgan fingerprint density at radius 1 is 1.25 bits per heavy atom. The van der Waals surface area contributed by atoms with E-state index in [9.17, 15) is 18.3 Å². The Morgan fingerprint density at radius 3 is 2.35 bits per heavy atom. The second-order valence-electron chi connectivity index (χ2n) is 5.38. The van der Waals surface area contributed by atoms with Crippen LogP contribution in [-0.2, 0) is 6.54 Å². The first-order valence-corrected chi connectivity index (χ1v) is 6.53. The fourth-order valence-corrected chi connectivity index (χ4v) is 2.46. The minimum atomic E-state index is -4.65. The summed E-state index contributed by atoms with van der Waals surface area (Å²) >= 11 is 0. The molecule has 0 radical (unpaired) electrons. The Balaban J connectivity index is 1.81. The molecule has 0 unspecified atom stereocenters. The van der Waals surface area contributed by atoms with E-state index >= 15 is 0 Å². The number of nitrogens with zero attached hydrogens (tertiary/aromatic N) is 1. The third-order valence-corrected chi connectivity index (χ3v) is 3.39. The Morgan fingerprint density at radius 2 is 1.85 bits per heavy atom. The summed E-state index contributed by atoms with van der Waals surface area (Å²) < 4.78 is 39.9. The summed E-state index contributed by atoms with van der Waals surface area (Å²) in [6, 6.07) is 5.91. The van der Waals surface area contributed by atoms with Gasteiger partial charge in [-0.3, -0.25) is 0 Å². The van der Waals surface area contributed by atoms with E-state index in [-0.39, 0.29) is 11.9 Å². The first kappa shape index (κ1) is 15.1.